The van der Waals surface area contributed by atoms with Crippen molar-refractivity contribution in [2.75, 3.05) is 38.2 Å². The fourth-order valence-electron chi connectivity index (χ4n) is 4.32. The van der Waals surface area contributed by atoms with Gasteiger partial charge in [0, 0.05) is 41.3 Å². The molecule has 0 aromatic heterocycles. The number of halogens is 1. The van der Waals surface area contributed by atoms with Gasteiger partial charge in [0.1, 0.15) is 11.5 Å². The lowest BCUT2D eigenvalue weighted by Gasteiger charge is -2.23. The smallest absolute Gasteiger partial charge is 0.356 e. The molecule has 2 amide bonds. The van der Waals surface area contributed by atoms with Crippen LogP contribution in [0, 0.1) is 18.2 Å². The van der Waals surface area contributed by atoms with E-state index in [1.807, 2.05) is 25.7 Å². The average molecular weight is 605 g/mol. The first kappa shape index (κ1) is 34.8. The summed E-state index contributed by atoms with van der Waals surface area (Å²) in [5.74, 6) is -0.951. The molecular formula is C30H42FN4O6P. The molecule has 1 aliphatic rings. The number of hydrogen-bond acceptors (Lipinski definition) is 8. The summed E-state index contributed by atoms with van der Waals surface area (Å²) in [4.78, 5) is 36.6. The van der Waals surface area contributed by atoms with Crippen LogP contribution in [0.1, 0.15) is 57.2 Å². The highest BCUT2D eigenvalue weighted by molar-refractivity contribution is 7.56. The normalized spacial score (nSPS) is 14.2. The van der Waals surface area contributed by atoms with Gasteiger partial charge in [0.05, 0.1) is 26.4 Å². The molecule has 0 saturated carbocycles. The van der Waals surface area contributed by atoms with E-state index in [0.29, 0.717) is 42.0 Å². The minimum Gasteiger partial charge on any atom is -0.461 e. The maximum atomic E-state index is 13.2. The Morgan fingerprint density at radius 1 is 1.14 bits per heavy atom. The third-order valence-corrected chi connectivity index (χ3v) is 8.09. The van der Waals surface area contributed by atoms with E-state index in [1.54, 1.807) is 50.2 Å². The summed E-state index contributed by atoms with van der Waals surface area (Å²) >= 11 is 0. The Hall–Kier alpha value is -3.40. The van der Waals surface area contributed by atoms with Crippen molar-refractivity contribution in [2.45, 2.75) is 60.0 Å². The number of rotatable bonds is 14. The molecule has 0 radical (unpaired) electrons. The number of anilines is 1. The minimum absolute atomic E-state index is 0.00380. The van der Waals surface area contributed by atoms with Gasteiger partial charge in [-0.3, -0.25) is 15.0 Å². The van der Waals surface area contributed by atoms with Crippen molar-refractivity contribution in [1.29, 1.82) is 5.41 Å². The molecule has 3 N–H and O–H groups in total. The summed E-state index contributed by atoms with van der Waals surface area (Å²) in [5.41, 5.74) is 1.74. The van der Waals surface area contributed by atoms with Crippen LogP contribution in [0.5, 0.6) is 0 Å². The highest BCUT2D eigenvalue weighted by Crippen LogP contribution is 2.38. The average Bonchev–Trinajstić information content (AvgIpc) is 3.42. The summed E-state index contributed by atoms with van der Waals surface area (Å²) in [6.07, 6.45) is 2.57. The molecule has 2 aromatic rings. The molecule has 1 atom stereocenters. The molecule has 0 aliphatic carbocycles. The van der Waals surface area contributed by atoms with E-state index in [0.717, 1.165) is 24.7 Å². The van der Waals surface area contributed by atoms with Crippen LogP contribution in [0.15, 0.2) is 36.4 Å². The fraction of sp³-hybridized carbons (Fsp3) is 0.467. The molecule has 1 heterocycles. The van der Waals surface area contributed by atoms with E-state index in [9.17, 15) is 18.8 Å². The van der Waals surface area contributed by atoms with Crippen molar-refractivity contribution in [3.8, 4) is 0 Å². The topological polar surface area (TPSA) is 130 Å². The van der Waals surface area contributed by atoms with Crippen LogP contribution in [0.3, 0.4) is 0 Å². The number of esters is 1. The number of amides is 2. The van der Waals surface area contributed by atoms with Gasteiger partial charge in [-0.05, 0) is 71.2 Å². The molecular weight excluding hydrogens is 562 g/mol. The minimum atomic E-state index is -1.29. The summed E-state index contributed by atoms with van der Waals surface area (Å²) in [7, 11) is -1.29. The first-order chi connectivity index (χ1) is 20.2. The quantitative estimate of drug-likeness (QED) is 0.126. The van der Waals surface area contributed by atoms with E-state index in [2.05, 4.69) is 10.6 Å². The molecule has 1 unspecified atom stereocenters. The summed E-state index contributed by atoms with van der Waals surface area (Å²) in [6, 6.07) is 10.6. The van der Waals surface area contributed by atoms with Crippen LogP contribution in [-0.4, -0.2) is 67.9 Å². The van der Waals surface area contributed by atoms with Crippen LogP contribution in [0.4, 0.5) is 10.1 Å². The van der Waals surface area contributed by atoms with E-state index in [4.69, 9.17) is 19.2 Å². The Balaban J connectivity index is 0.000000428. The Morgan fingerprint density at radius 2 is 1.86 bits per heavy atom. The van der Waals surface area contributed by atoms with Gasteiger partial charge in [-0.15, -0.1) is 0 Å². The second-order valence-electron chi connectivity index (χ2n) is 9.40. The van der Waals surface area contributed by atoms with Gasteiger partial charge in [-0.2, -0.15) is 0 Å². The van der Waals surface area contributed by atoms with Crippen LogP contribution in [0.25, 0.3) is 0 Å². The van der Waals surface area contributed by atoms with E-state index in [1.165, 1.54) is 0 Å². The summed E-state index contributed by atoms with van der Waals surface area (Å²) in [5, 5.41) is 14.6. The molecule has 42 heavy (non-hydrogen) atoms. The molecule has 2 aromatic carbocycles. The van der Waals surface area contributed by atoms with E-state index in [-0.39, 0.29) is 43.2 Å². The van der Waals surface area contributed by atoms with Crippen molar-refractivity contribution in [3.05, 3.63) is 58.9 Å². The van der Waals surface area contributed by atoms with Crippen molar-refractivity contribution in [2.24, 2.45) is 0 Å². The first-order valence-corrected chi connectivity index (χ1v) is 15.3. The lowest BCUT2D eigenvalue weighted by molar-refractivity contribution is -0.135. The molecule has 0 spiro atoms. The first-order valence-electron chi connectivity index (χ1n) is 14.1. The predicted molar refractivity (Wildman–Crippen MR) is 163 cm³/mol. The number of nitrogens with zero attached hydrogens (tertiary/aromatic N) is 1. The van der Waals surface area contributed by atoms with Gasteiger partial charge in [0.15, 0.2) is 0 Å². The SMILES string of the molecule is CCOC(=O)C(=N)c1ccc(P(OCC)OCC)cc1NCC(=O)N1CCCC1C.Cc1cccc(CNC=O)c1F. The number of carbonyl (C=O) groups excluding carboxylic acids is 3. The lowest BCUT2D eigenvalue weighted by Crippen LogP contribution is -2.38. The maximum Gasteiger partial charge on any atom is 0.356 e. The number of benzene rings is 2. The largest absolute Gasteiger partial charge is 0.461 e. The molecule has 1 aliphatic heterocycles. The van der Waals surface area contributed by atoms with Crippen molar-refractivity contribution >= 4 is 43.4 Å². The van der Waals surface area contributed by atoms with E-state index >= 15 is 0 Å². The Labute approximate surface area is 248 Å². The Bertz CT molecular complexity index is 1210. The summed E-state index contributed by atoms with van der Waals surface area (Å²) in [6.45, 7) is 11.5. The molecule has 12 heteroatoms. The standard InChI is InChI=1S/C21H32N3O5P.C9H10FNO/c1-5-27-21(26)20(22)17-11-10-16(30(28-6-2)29-7-3)13-18(17)23-14-19(25)24-12-8-9-15(24)4;1-7-3-2-4-8(9(7)10)5-11-6-12/h10-11,13,15,22-23H,5-9,12,14H2,1-4H3;2-4,6H,5H2,1H3,(H,11,12). The van der Waals surface area contributed by atoms with Gasteiger partial charge in [-0.25, -0.2) is 9.18 Å². The zero-order valence-corrected chi connectivity index (χ0v) is 25.9. The van der Waals surface area contributed by atoms with Gasteiger partial charge >= 0.3 is 5.97 Å². The van der Waals surface area contributed by atoms with Crippen LogP contribution < -0.4 is 15.9 Å². The van der Waals surface area contributed by atoms with Gasteiger partial charge in [0.25, 0.3) is 0 Å². The number of hydrogen-bond donors (Lipinski definition) is 3. The second kappa shape index (κ2) is 18.2. The highest BCUT2D eigenvalue weighted by Gasteiger charge is 2.26. The van der Waals surface area contributed by atoms with Crippen molar-refractivity contribution in [1.82, 2.24) is 10.2 Å². The molecule has 1 fully saturated rings. The third kappa shape index (κ3) is 10.2. The number of likely N-dealkylation sites (tertiary alicyclic amines) is 1. The number of carbonyl (C=O) groups is 3. The fourth-order valence-corrected chi connectivity index (χ4v) is 5.59. The predicted octanol–water partition coefficient (Wildman–Crippen LogP) is 4.43. The summed E-state index contributed by atoms with van der Waals surface area (Å²) < 4.78 is 29.6. The van der Waals surface area contributed by atoms with Crippen LogP contribution >= 0.6 is 8.38 Å². The molecule has 10 nitrogen and oxygen atoms in total. The molecule has 1 saturated heterocycles. The number of nitrogens with one attached hydrogen (secondary N) is 3. The van der Waals surface area contributed by atoms with Crippen LogP contribution in [-0.2, 0) is 34.7 Å². The van der Waals surface area contributed by atoms with Crippen LogP contribution in [0.2, 0.25) is 0 Å². The van der Waals surface area contributed by atoms with Crippen molar-refractivity contribution in [3.63, 3.8) is 0 Å². The lowest BCUT2D eigenvalue weighted by atomic mass is 10.1. The third-order valence-electron chi connectivity index (χ3n) is 6.41. The maximum absolute atomic E-state index is 13.2. The van der Waals surface area contributed by atoms with Gasteiger partial charge < -0.3 is 29.3 Å². The number of aryl methyl sites for hydroxylation is 1. The Morgan fingerprint density at radius 3 is 2.45 bits per heavy atom. The zero-order chi connectivity index (χ0) is 31.1. The van der Waals surface area contributed by atoms with Crippen molar-refractivity contribution < 1.29 is 32.6 Å². The van der Waals surface area contributed by atoms with Gasteiger partial charge in [0.2, 0.25) is 20.7 Å². The monoisotopic (exact) mass is 604 g/mol. The molecule has 230 valence electrons. The number of ether oxygens (including phenoxy) is 1. The second-order valence-corrected chi connectivity index (χ2v) is 10.9. The Kier molecular flexibility index (Phi) is 15.1. The zero-order valence-electron chi connectivity index (χ0n) is 25.0. The molecule has 3 rings (SSSR count). The van der Waals surface area contributed by atoms with E-state index < -0.39 is 14.3 Å². The molecule has 0 bridgehead atoms. The van der Waals surface area contributed by atoms with Gasteiger partial charge in [-0.1, -0.05) is 18.2 Å². The highest BCUT2D eigenvalue weighted by atomic mass is 31.2.